The van der Waals surface area contributed by atoms with E-state index in [1.165, 1.54) is 21.3 Å². The highest BCUT2D eigenvalue weighted by atomic mass is 32.1. The molecule has 4 heteroatoms. The number of rotatable bonds is 4. The molecule has 2 aromatic heterocycles. The van der Waals surface area contributed by atoms with Crippen molar-refractivity contribution in [1.29, 1.82) is 0 Å². The van der Waals surface area contributed by atoms with Crippen LogP contribution in [0.3, 0.4) is 0 Å². The second-order valence-corrected chi connectivity index (χ2v) is 7.38. The number of hydrogen-bond donors (Lipinski definition) is 1. The number of hydrogen-bond acceptors (Lipinski definition) is 3. The van der Waals surface area contributed by atoms with E-state index in [1.54, 1.807) is 11.3 Å². The molecule has 3 rings (SSSR count). The van der Waals surface area contributed by atoms with Gasteiger partial charge in [-0.25, -0.2) is 0 Å². The normalized spacial score (nSPS) is 12.1. The van der Waals surface area contributed by atoms with E-state index < -0.39 is 0 Å². The zero-order chi connectivity index (χ0) is 14.9. The molecule has 0 aliphatic rings. The second kappa shape index (κ2) is 5.62. The summed E-state index contributed by atoms with van der Waals surface area (Å²) in [6, 6.07) is 8.88. The molecule has 110 valence electrons. The minimum Gasteiger partial charge on any atom is -0.342 e. The van der Waals surface area contributed by atoms with Crippen LogP contribution in [0.1, 0.15) is 31.2 Å². The Labute approximate surface area is 129 Å². The molecule has 0 bridgehead atoms. The largest absolute Gasteiger partial charge is 0.342 e. The van der Waals surface area contributed by atoms with E-state index in [-0.39, 0.29) is 5.54 Å². The molecule has 0 spiro atoms. The predicted molar refractivity (Wildman–Crippen MR) is 89.7 cm³/mol. The Morgan fingerprint density at radius 1 is 1.24 bits per heavy atom. The van der Waals surface area contributed by atoms with Crippen LogP contribution in [-0.2, 0) is 13.1 Å². The van der Waals surface area contributed by atoms with Crippen molar-refractivity contribution in [2.24, 2.45) is 0 Å². The molecule has 0 fully saturated rings. The summed E-state index contributed by atoms with van der Waals surface area (Å²) >= 11 is 1.70. The Morgan fingerprint density at radius 3 is 2.81 bits per heavy atom. The Bertz CT molecular complexity index is 720. The fourth-order valence-electron chi connectivity index (χ4n) is 2.33. The van der Waals surface area contributed by atoms with E-state index in [4.69, 9.17) is 0 Å². The van der Waals surface area contributed by atoms with Crippen molar-refractivity contribution >= 4 is 22.2 Å². The molecular weight excluding hydrogens is 278 g/mol. The maximum absolute atomic E-state index is 4.15. The third-order valence-electron chi connectivity index (χ3n) is 3.47. The van der Waals surface area contributed by atoms with Crippen LogP contribution < -0.4 is 5.32 Å². The van der Waals surface area contributed by atoms with Crippen LogP contribution in [0.25, 0.3) is 10.9 Å². The van der Waals surface area contributed by atoms with Crippen LogP contribution in [0.4, 0.5) is 0 Å². The minimum atomic E-state index is 0.138. The van der Waals surface area contributed by atoms with Gasteiger partial charge in [-0.15, -0.1) is 11.3 Å². The summed E-state index contributed by atoms with van der Waals surface area (Å²) in [6.45, 7) is 8.36. The lowest BCUT2D eigenvalue weighted by molar-refractivity contribution is 0.424. The fraction of sp³-hybridized carbons (Fsp3) is 0.353. The highest BCUT2D eigenvalue weighted by molar-refractivity contribution is 7.09. The quantitative estimate of drug-likeness (QED) is 0.788. The molecule has 0 saturated carbocycles. The van der Waals surface area contributed by atoms with Gasteiger partial charge in [0.15, 0.2) is 0 Å². The van der Waals surface area contributed by atoms with E-state index in [9.17, 15) is 0 Å². The average Bonchev–Trinajstić information content (AvgIpc) is 3.06. The third kappa shape index (κ3) is 3.52. The van der Waals surface area contributed by atoms with Crippen molar-refractivity contribution in [2.75, 3.05) is 0 Å². The molecular formula is C17H21N3S. The van der Waals surface area contributed by atoms with E-state index in [1.807, 2.05) is 11.7 Å². The second-order valence-electron chi connectivity index (χ2n) is 6.41. The lowest BCUT2D eigenvalue weighted by Gasteiger charge is -2.20. The highest BCUT2D eigenvalue weighted by Crippen LogP contribution is 2.20. The Balaban J connectivity index is 1.85. The van der Waals surface area contributed by atoms with Gasteiger partial charge in [-0.2, -0.15) is 0 Å². The average molecular weight is 299 g/mol. The summed E-state index contributed by atoms with van der Waals surface area (Å²) in [5, 5.41) is 4.83. The number of thiazole rings is 1. The van der Waals surface area contributed by atoms with E-state index in [2.05, 4.69) is 66.1 Å². The van der Waals surface area contributed by atoms with E-state index in [0.29, 0.717) is 0 Å². The minimum absolute atomic E-state index is 0.138. The standard InChI is InChI=1S/C17H21N3S/c1-17(2,3)19-9-13-4-5-14-6-7-20(16(14)8-13)11-15-10-18-12-21-15/h4-8,10,12,19H,9,11H2,1-3H3. The number of fused-ring (bicyclic) bond motifs is 1. The van der Waals surface area contributed by atoms with Crippen molar-refractivity contribution in [3.05, 3.63) is 52.6 Å². The Morgan fingerprint density at radius 2 is 2.10 bits per heavy atom. The Kier molecular flexibility index (Phi) is 3.83. The lowest BCUT2D eigenvalue weighted by atomic mass is 10.1. The van der Waals surface area contributed by atoms with Gasteiger partial charge in [-0.1, -0.05) is 12.1 Å². The van der Waals surface area contributed by atoms with Crippen LogP contribution in [0, 0.1) is 0 Å². The molecule has 1 aromatic carbocycles. The molecule has 0 radical (unpaired) electrons. The van der Waals surface area contributed by atoms with Gasteiger partial charge in [0, 0.05) is 34.9 Å². The Hall–Kier alpha value is -1.65. The van der Waals surface area contributed by atoms with Crippen molar-refractivity contribution in [3.63, 3.8) is 0 Å². The zero-order valence-electron chi connectivity index (χ0n) is 12.8. The first-order chi connectivity index (χ1) is 10.0. The number of aromatic nitrogens is 2. The maximum atomic E-state index is 4.15. The van der Waals surface area contributed by atoms with E-state index in [0.717, 1.165) is 13.1 Å². The van der Waals surface area contributed by atoms with Crippen molar-refractivity contribution in [1.82, 2.24) is 14.9 Å². The summed E-state index contributed by atoms with van der Waals surface area (Å²) in [4.78, 5) is 5.44. The highest BCUT2D eigenvalue weighted by Gasteiger charge is 2.09. The summed E-state index contributed by atoms with van der Waals surface area (Å²) in [5.41, 5.74) is 4.64. The molecule has 1 N–H and O–H groups in total. The summed E-state index contributed by atoms with van der Waals surface area (Å²) in [6.07, 6.45) is 4.10. The molecule has 0 unspecified atom stereocenters. The van der Waals surface area contributed by atoms with E-state index >= 15 is 0 Å². The third-order valence-corrected chi connectivity index (χ3v) is 4.24. The van der Waals surface area contributed by atoms with Gasteiger partial charge in [0.2, 0.25) is 0 Å². The molecule has 0 aliphatic carbocycles. The first-order valence-corrected chi connectivity index (χ1v) is 8.09. The van der Waals surface area contributed by atoms with Gasteiger partial charge >= 0.3 is 0 Å². The number of nitrogens with one attached hydrogen (secondary N) is 1. The van der Waals surface area contributed by atoms with Gasteiger partial charge in [-0.3, -0.25) is 4.98 Å². The molecule has 0 aliphatic heterocycles. The van der Waals surface area contributed by atoms with Crippen LogP contribution in [0.2, 0.25) is 0 Å². The van der Waals surface area contributed by atoms with Gasteiger partial charge in [-0.05, 0) is 43.9 Å². The topological polar surface area (TPSA) is 29.9 Å². The smallest absolute Gasteiger partial charge is 0.0794 e. The SMILES string of the molecule is CC(C)(C)NCc1ccc2ccn(Cc3cncs3)c2c1. The summed E-state index contributed by atoms with van der Waals surface area (Å²) in [5.74, 6) is 0. The molecule has 21 heavy (non-hydrogen) atoms. The molecule has 2 heterocycles. The monoisotopic (exact) mass is 299 g/mol. The molecule has 0 saturated heterocycles. The van der Waals surface area contributed by atoms with Crippen LogP contribution in [0.15, 0.2) is 42.2 Å². The molecule has 0 atom stereocenters. The van der Waals surface area contributed by atoms with Gasteiger partial charge in [0.1, 0.15) is 0 Å². The van der Waals surface area contributed by atoms with Crippen molar-refractivity contribution < 1.29 is 0 Å². The van der Waals surface area contributed by atoms with Crippen LogP contribution >= 0.6 is 11.3 Å². The predicted octanol–water partition coefficient (Wildman–Crippen LogP) is 4.03. The first-order valence-electron chi connectivity index (χ1n) is 7.21. The first kappa shape index (κ1) is 14.3. The van der Waals surface area contributed by atoms with Crippen LogP contribution in [-0.4, -0.2) is 15.1 Å². The number of benzene rings is 1. The van der Waals surface area contributed by atoms with Gasteiger partial charge < -0.3 is 9.88 Å². The maximum Gasteiger partial charge on any atom is 0.0794 e. The molecule has 3 aromatic rings. The van der Waals surface area contributed by atoms with Crippen molar-refractivity contribution in [3.8, 4) is 0 Å². The van der Waals surface area contributed by atoms with Gasteiger partial charge in [0.25, 0.3) is 0 Å². The number of nitrogens with zero attached hydrogens (tertiary/aromatic N) is 2. The fourth-order valence-corrected chi connectivity index (χ4v) is 2.93. The van der Waals surface area contributed by atoms with Crippen LogP contribution in [0.5, 0.6) is 0 Å². The molecule has 0 amide bonds. The van der Waals surface area contributed by atoms with Crippen molar-refractivity contribution in [2.45, 2.75) is 39.4 Å². The summed E-state index contributed by atoms with van der Waals surface area (Å²) in [7, 11) is 0. The summed E-state index contributed by atoms with van der Waals surface area (Å²) < 4.78 is 2.30. The lowest BCUT2D eigenvalue weighted by Crippen LogP contribution is -2.35. The molecule has 3 nitrogen and oxygen atoms in total. The van der Waals surface area contributed by atoms with Gasteiger partial charge in [0.05, 0.1) is 12.1 Å². The zero-order valence-corrected chi connectivity index (χ0v) is 13.6.